The van der Waals surface area contributed by atoms with Crippen LogP contribution in [0.1, 0.15) is 26.2 Å². The summed E-state index contributed by atoms with van der Waals surface area (Å²) in [4.78, 5) is 0.526. The van der Waals surface area contributed by atoms with Crippen LogP contribution in [0.5, 0.6) is 0 Å². The van der Waals surface area contributed by atoms with Crippen LogP contribution in [-0.2, 0) is 0 Å². The fourth-order valence-corrected chi connectivity index (χ4v) is 0.827. The summed E-state index contributed by atoms with van der Waals surface area (Å²) in [6.07, 6.45) is 2.76. The normalized spacial score (nSPS) is 13.9. The number of alkyl halides is 2. The summed E-state index contributed by atoms with van der Waals surface area (Å²) in [5, 5.41) is 0. The lowest BCUT2D eigenvalue weighted by atomic mass is 10.2. The van der Waals surface area contributed by atoms with Crippen molar-refractivity contribution in [2.45, 2.75) is 31.0 Å². The monoisotopic (exact) mass is 182 g/mol. The molecule has 1 atom stereocenters. The topological polar surface area (TPSA) is 0 Å². The third-order valence-electron chi connectivity index (χ3n) is 1.09. The van der Waals surface area contributed by atoms with Crippen LogP contribution >= 0.6 is 15.9 Å². The molecular weight excluding hydrogens is 171 g/mol. The van der Waals surface area contributed by atoms with E-state index in [4.69, 9.17) is 0 Å². The molecule has 1 unspecified atom stereocenters. The lowest BCUT2D eigenvalue weighted by molar-refractivity contribution is 0.459. The fraction of sp³-hybridized carbons (Fsp3) is 1.00. The maximum absolute atomic E-state index is 11.5. The molecule has 0 aliphatic rings. The zero-order chi connectivity index (χ0) is 6.41. The molecule has 0 bridgehead atoms. The highest BCUT2D eigenvalue weighted by molar-refractivity contribution is 9.09. The molecule has 8 heavy (non-hydrogen) atoms. The highest BCUT2D eigenvalue weighted by Gasteiger charge is 1.97. The third-order valence-corrected chi connectivity index (χ3v) is 2.20. The highest BCUT2D eigenvalue weighted by Crippen LogP contribution is 2.10. The Kier molecular flexibility index (Phi) is 5.83. The largest absolute Gasteiger partial charge is 0.251 e. The minimum atomic E-state index is -0.178. The van der Waals surface area contributed by atoms with Gasteiger partial charge in [-0.15, -0.1) is 0 Å². The Morgan fingerprint density at radius 2 is 2.25 bits per heavy atom. The zero-order valence-electron chi connectivity index (χ0n) is 5.16. The first-order valence-corrected chi connectivity index (χ1v) is 3.92. The molecule has 0 aromatic rings. The second-order valence-electron chi connectivity index (χ2n) is 1.84. The molecular formula is C6H12BrF. The summed E-state index contributed by atoms with van der Waals surface area (Å²) in [5.41, 5.74) is 0. The van der Waals surface area contributed by atoms with Gasteiger partial charge in [0.1, 0.15) is 0 Å². The molecule has 50 valence electrons. The first kappa shape index (κ1) is 8.41. The number of rotatable bonds is 4. The van der Waals surface area contributed by atoms with Crippen LogP contribution in [0, 0.1) is 0 Å². The summed E-state index contributed by atoms with van der Waals surface area (Å²) in [6.45, 7) is 1.92. The van der Waals surface area contributed by atoms with Gasteiger partial charge >= 0.3 is 0 Å². The molecule has 0 saturated carbocycles. The lowest BCUT2D eigenvalue weighted by Gasteiger charge is -2.01. The standard InChI is InChI=1S/C6H12BrF/c1-2-6(7)4-3-5-8/h6H,2-5H2,1H3. The first-order valence-electron chi connectivity index (χ1n) is 3.01. The molecule has 0 aromatic carbocycles. The van der Waals surface area contributed by atoms with Crippen molar-refractivity contribution in [3.63, 3.8) is 0 Å². The molecule has 0 rings (SSSR count). The first-order chi connectivity index (χ1) is 3.81. The van der Waals surface area contributed by atoms with Crippen molar-refractivity contribution < 1.29 is 4.39 Å². The average molecular weight is 183 g/mol. The van der Waals surface area contributed by atoms with E-state index in [0.29, 0.717) is 11.2 Å². The summed E-state index contributed by atoms with van der Waals surface area (Å²) < 4.78 is 11.5. The van der Waals surface area contributed by atoms with E-state index in [9.17, 15) is 4.39 Å². The minimum Gasteiger partial charge on any atom is -0.251 e. The minimum absolute atomic E-state index is 0.178. The van der Waals surface area contributed by atoms with E-state index in [-0.39, 0.29) is 6.67 Å². The van der Waals surface area contributed by atoms with Crippen LogP contribution in [0.2, 0.25) is 0 Å². The SMILES string of the molecule is CCC(Br)CCCF. The van der Waals surface area contributed by atoms with Gasteiger partial charge in [0.05, 0.1) is 6.67 Å². The lowest BCUT2D eigenvalue weighted by Crippen LogP contribution is -1.94. The number of hydrogen-bond donors (Lipinski definition) is 0. The molecule has 0 heterocycles. The molecule has 0 spiro atoms. The Morgan fingerprint density at radius 3 is 2.62 bits per heavy atom. The van der Waals surface area contributed by atoms with Gasteiger partial charge in [0.15, 0.2) is 0 Å². The van der Waals surface area contributed by atoms with Gasteiger partial charge in [-0.05, 0) is 19.3 Å². The van der Waals surface area contributed by atoms with E-state index in [1.807, 2.05) is 0 Å². The van der Waals surface area contributed by atoms with Crippen molar-refractivity contribution in [1.82, 2.24) is 0 Å². The van der Waals surface area contributed by atoms with Crippen molar-refractivity contribution in [3.05, 3.63) is 0 Å². The van der Waals surface area contributed by atoms with E-state index in [1.54, 1.807) is 0 Å². The predicted octanol–water partition coefficient (Wildman–Crippen LogP) is 2.91. The van der Waals surface area contributed by atoms with Crippen LogP contribution in [-0.4, -0.2) is 11.5 Å². The van der Waals surface area contributed by atoms with Gasteiger partial charge < -0.3 is 0 Å². The molecule has 0 radical (unpaired) electrons. The molecule has 0 aromatic heterocycles. The molecule has 0 amide bonds. The van der Waals surface area contributed by atoms with Crippen molar-refractivity contribution in [2.24, 2.45) is 0 Å². The number of hydrogen-bond acceptors (Lipinski definition) is 0. The van der Waals surface area contributed by atoms with Crippen molar-refractivity contribution in [2.75, 3.05) is 6.67 Å². The van der Waals surface area contributed by atoms with E-state index in [0.717, 1.165) is 12.8 Å². The fourth-order valence-electron chi connectivity index (χ4n) is 0.503. The summed E-state index contributed by atoms with van der Waals surface area (Å²) in [7, 11) is 0. The van der Waals surface area contributed by atoms with Gasteiger partial charge in [0, 0.05) is 4.83 Å². The predicted molar refractivity (Wildman–Crippen MR) is 38.2 cm³/mol. The van der Waals surface area contributed by atoms with Gasteiger partial charge in [-0.3, -0.25) is 4.39 Å². The molecule has 0 aliphatic heterocycles. The maximum atomic E-state index is 11.5. The third kappa shape index (κ3) is 4.57. The summed E-state index contributed by atoms with van der Waals surface area (Å²) in [6, 6.07) is 0. The molecule has 0 saturated heterocycles. The van der Waals surface area contributed by atoms with E-state index in [2.05, 4.69) is 22.9 Å². The van der Waals surface area contributed by atoms with Gasteiger partial charge in [0.2, 0.25) is 0 Å². The van der Waals surface area contributed by atoms with Crippen LogP contribution in [0.3, 0.4) is 0 Å². The Balaban J connectivity index is 2.86. The van der Waals surface area contributed by atoms with Gasteiger partial charge in [-0.1, -0.05) is 22.9 Å². The zero-order valence-corrected chi connectivity index (χ0v) is 6.75. The molecule has 0 fully saturated rings. The van der Waals surface area contributed by atoms with Gasteiger partial charge in [0.25, 0.3) is 0 Å². The average Bonchev–Trinajstić information content (AvgIpc) is 1.83. The second-order valence-corrected chi connectivity index (χ2v) is 3.13. The van der Waals surface area contributed by atoms with Crippen molar-refractivity contribution in [3.8, 4) is 0 Å². The van der Waals surface area contributed by atoms with Crippen LogP contribution in [0.25, 0.3) is 0 Å². The van der Waals surface area contributed by atoms with E-state index < -0.39 is 0 Å². The summed E-state index contributed by atoms with van der Waals surface area (Å²) in [5.74, 6) is 0. The Morgan fingerprint density at radius 1 is 1.62 bits per heavy atom. The molecule has 0 N–H and O–H groups in total. The Bertz CT molecular complexity index is 47.8. The highest BCUT2D eigenvalue weighted by atomic mass is 79.9. The van der Waals surface area contributed by atoms with Crippen LogP contribution in [0.4, 0.5) is 4.39 Å². The van der Waals surface area contributed by atoms with Crippen LogP contribution in [0.15, 0.2) is 0 Å². The Labute approximate surface area is 58.6 Å². The van der Waals surface area contributed by atoms with Gasteiger partial charge in [-0.25, -0.2) is 0 Å². The van der Waals surface area contributed by atoms with Gasteiger partial charge in [-0.2, -0.15) is 0 Å². The molecule has 0 aliphatic carbocycles. The maximum Gasteiger partial charge on any atom is 0.0894 e. The summed E-state index contributed by atoms with van der Waals surface area (Å²) >= 11 is 3.41. The van der Waals surface area contributed by atoms with E-state index in [1.165, 1.54) is 0 Å². The second kappa shape index (κ2) is 5.54. The smallest absolute Gasteiger partial charge is 0.0894 e. The molecule has 0 nitrogen and oxygen atoms in total. The van der Waals surface area contributed by atoms with Crippen LogP contribution < -0.4 is 0 Å². The quantitative estimate of drug-likeness (QED) is 0.588. The van der Waals surface area contributed by atoms with Crippen molar-refractivity contribution in [1.29, 1.82) is 0 Å². The number of halogens is 2. The van der Waals surface area contributed by atoms with Crippen molar-refractivity contribution >= 4 is 15.9 Å². The Hall–Kier alpha value is 0.410. The molecule has 2 heteroatoms. The van der Waals surface area contributed by atoms with E-state index >= 15 is 0 Å².